The zero-order valence-corrected chi connectivity index (χ0v) is 8.02. The molecular weight excluding hydrogens is 164 g/mol. The number of aromatic nitrogens is 2. The maximum atomic E-state index is 5.33. The van der Waals surface area contributed by atoms with Gasteiger partial charge in [0.1, 0.15) is 0 Å². The van der Waals surface area contributed by atoms with E-state index in [0.717, 1.165) is 0 Å². The zero-order valence-electron chi connectivity index (χ0n) is 8.02. The Balaban J connectivity index is 1.92. The predicted octanol–water partition coefficient (Wildman–Crippen LogP) is 2.01. The summed E-state index contributed by atoms with van der Waals surface area (Å²) in [6.45, 7) is 0. The number of nitrogens with zero attached hydrogens (tertiary/aromatic N) is 2. The number of methoxy groups -OCH3 is 1. The van der Waals surface area contributed by atoms with Crippen molar-refractivity contribution in [3.8, 4) is 0 Å². The number of ether oxygens (including phenoxy) is 1. The summed E-state index contributed by atoms with van der Waals surface area (Å²) in [6, 6.07) is 2.59. The Bertz CT molecular complexity index is 237. The van der Waals surface area contributed by atoms with Gasteiger partial charge in [-0.15, -0.1) is 0 Å². The van der Waals surface area contributed by atoms with Crippen molar-refractivity contribution in [2.24, 2.45) is 0 Å². The highest BCUT2D eigenvalue weighted by Gasteiger charge is 2.21. The Morgan fingerprint density at radius 2 is 2.08 bits per heavy atom. The van der Waals surface area contributed by atoms with E-state index >= 15 is 0 Å². The van der Waals surface area contributed by atoms with E-state index in [0.29, 0.717) is 12.1 Å². The molecule has 0 spiro atoms. The van der Waals surface area contributed by atoms with Crippen molar-refractivity contribution in [2.45, 2.75) is 37.8 Å². The third-order valence-corrected chi connectivity index (χ3v) is 2.88. The van der Waals surface area contributed by atoms with Crippen molar-refractivity contribution < 1.29 is 4.74 Å². The van der Waals surface area contributed by atoms with Crippen LogP contribution in [0.1, 0.15) is 31.7 Å². The van der Waals surface area contributed by atoms with E-state index in [1.165, 1.54) is 25.7 Å². The van der Waals surface area contributed by atoms with Crippen LogP contribution < -0.4 is 0 Å². The third-order valence-electron chi connectivity index (χ3n) is 2.88. The van der Waals surface area contributed by atoms with E-state index < -0.39 is 0 Å². The van der Waals surface area contributed by atoms with Crippen LogP contribution >= 0.6 is 0 Å². The van der Waals surface area contributed by atoms with Crippen LogP contribution in [0.5, 0.6) is 0 Å². The molecule has 1 aromatic rings. The highest BCUT2D eigenvalue weighted by Crippen LogP contribution is 2.28. The van der Waals surface area contributed by atoms with Crippen molar-refractivity contribution in [1.82, 2.24) is 9.78 Å². The summed E-state index contributed by atoms with van der Waals surface area (Å²) in [7, 11) is 1.80. The third kappa shape index (κ3) is 1.91. The summed E-state index contributed by atoms with van der Waals surface area (Å²) in [5.41, 5.74) is 0. The molecule has 3 heteroatoms. The van der Waals surface area contributed by atoms with Crippen LogP contribution in [0.3, 0.4) is 0 Å². The predicted molar refractivity (Wildman–Crippen MR) is 50.5 cm³/mol. The van der Waals surface area contributed by atoms with Crippen LogP contribution in [-0.4, -0.2) is 23.0 Å². The summed E-state index contributed by atoms with van der Waals surface area (Å²) in [6.07, 6.45) is 9.11. The first kappa shape index (κ1) is 8.75. The SMILES string of the molecule is CO[C@H]1CC[C@H](n2cccn2)CC1. The Labute approximate surface area is 78.7 Å². The molecule has 1 fully saturated rings. The summed E-state index contributed by atoms with van der Waals surface area (Å²) >= 11 is 0. The largest absolute Gasteiger partial charge is 0.381 e. The normalized spacial score (nSPS) is 29.0. The van der Waals surface area contributed by atoms with E-state index in [2.05, 4.69) is 16.0 Å². The van der Waals surface area contributed by atoms with E-state index in [-0.39, 0.29) is 0 Å². The number of rotatable bonds is 2. The molecule has 72 valence electrons. The fourth-order valence-corrected chi connectivity index (χ4v) is 2.04. The molecule has 0 aromatic carbocycles. The van der Waals surface area contributed by atoms with E-state index in [9.17, 15) is 0 Å². The lowest BCUT2D eigenvalue weighted by molar-refractivity contribution is 0.0568. The van der Waals surface area contributed by atoms with Crippen LogP contribution in [0.4, 0.5) is 0 Å². The molecule has 2 rings (SSSR count). The molecule has 1 saturated carbocycles. The first-order valence-electron chi connectivity index (χ1n) is 4.92. The second kappa shape index (κ2) is 3.92. The van der Waals surface area contributed by atoms with E-state index in [1.807, 2.05) is 12.3 Å². The van der Waals surface area contributed by atoms with Gasteiger partial charge in [0.2, 0.25) is 0 Å². The van der Waals surface area contributed by atoms with Gasteiger partial charge in [-0.1, -0.05) is 0 Å². The minimum atomic E-state index is 0.479. The van der Waals surface area contributed by atoms with E-state index in [4.69, 9.17) is 4.74 Å². The molecule has 0 atom stereocenters. The minimum Gasteiger partial charge on any atom is -0.381 e. The van der Waals surface area contributed by atoms with Gasteiger partial charge in [0.25, 0.3) is 0 Å². The standard InChI is InChI=1S/C10H16N2O/c1-13-10-5-3-9(4-6-10)12-8-2-7-11-12/h2,7-10H,3-6H2,1H3/t9-,10-. The lowest BCUT2D eigenvalue weighted by Crippen LogP contribution is -2.22. The average molecular weight is 180 g/mol. The van der Waals surface area contributed by atoms with Gasteiger partial charge in [-0.2, -0.15) is 5.10 Å². The highest BCUT2D eigenvalue weighted by molar-refractivity contribution is 4.84. The summed E-state index contributed by atoms with van der Waals surface area (Å²) in [5.74, 6) is 0. The van der Waals surface area contributed by atoms with Gasteiger partial charge in [0.15, 0.2) is 0 Å². The first-order valence-corrected chi connectivity index (χ1v) is 4.92. The van der Waals surface area contributed by atoms with Crippen LogP contribution in [0, 0.1) is 0 Å². The summed E-state index contributed by atoms with van der Waals surface area (Å²) in [5, 5.41) is 4.27. The van der Waals surface area contributed by atoms with Crippen molar-refractivity contribution in [3.63, 3.8) is 0 Å². The van der Waals surface area contributed by atoms with Crippen LogP contribution in [-0.2, 0) is 4.74 Å². The Hall–Kier alpha value is -0.830. The lowest BCUT2D eigenvalue weighted by Gasteiger charge is -2.27. The summed E-state index contributed by atoms with van der Waals surface area (Å²) < 4.78 is 7.40. The number of hydrogen-bond acceptors (Lipinski definition) is 2. The quantitative estimate of drug-likeness (QED) is 0.696. The van der Waals surface area contributed by atoms with Gasteiger partial charge in [-0.25, -0.2) is 0 Å². The minimum absolute atomic E-state index is 0.479. The molecule has 1 heterocycles. The van der Waals surface area contributed by atoms with Crippen molar-refractivity contribution in [2.75, 3.05) is 7.11 Å². The zero-order chi connectivity index (χ0) is 9.10. The lowest BCUT2D eigenvalue weighted by atomic mass is 9.93. The molecule has 3 nitrogen and oxygen atoms in total. The molecule has 0 radical (unpaired) electrons. The molecule has 0 saturated heterocycles. The first-order chi connectivity index (χ1) is 6.40. The fraction of sp³-hybridized carbons (Fsp3) is 0.700. The maximum Gasteiger partial charge on any atom is 0.0573 e. The Morgan fingerprint density at radius 3 is 2.62 bits per heavy atom. The van der Waals surface area contributed by atoms with Crippen molar-refractivity contribution in [3.05, 3.63) is 18.5 Å². The molecule has 0 aliphatic heterocycles. The smallest absolute Gasteiger partial charge is 0.0573 e. The van der Waals surface area contributed by atoms with Gasteiger partial charge in [-0.3, -0.25) is 4.68 Å². The van der Waals surface area contributed by atoms with Crippen LogP contribution in [0.15, 0.2) is 18.5 Å². The maximum absolute atomic E-state index is 5.33. The Morgan fingerprint density at radius 1 is 1.31 bits per heavy atom. The van der Waals surface area contributed by atoms with Crippen LogP contribution in [0.25, 0.3) is 0 Å². The molecule has 1 aromatic heterocycles. The topological polar surface area (TPSA) is 27.1 Å². The Kier molecular flexibility index (Phi) is 2.64. The van der Waals surface area contributed by atoms with Crippen molar-refractivity contribution >= 4 is 0 Å². The van der Waals surface area contributed by atoms with Gasteiger partial charge >= 0.3 is 0 Å². The van der Waals surface area contributed by atoms with Gasteiger partial charge < -0.3 is 4.74 Å². The van der Waals surface area contributed by atoms with Crippen molar-refractivity contribution in [1.29, 1.82) is 0 Å². The molecule has 1 aliphatic rings. The monoisotopic (exact) mass is 180 g/mol. The molecule has 0 unspecified atom stereocenters. The second-order valence-corrected chi connectivity index (χ2v) is 3.65. The van der Waals surface area contributed by atoms with E-state index in [1.54, 1.807) is 7.11 Å². The average Bonchev–Trinajstić information content (AvgIpc) is 2.71. The second-order valence-electron chi connectivity index (χ2n) is 3.65. The molecule has 0 amide bonds. The fourth-order valence-electron chi connectivity index (χ4n) is 2.04. The van der Waals surface area contributed by atoms with Gasteiger partial charge in [-0.05, 0) is 31.7 Å². The molecule has 0 bridgehead atoms. The van der Waals surface area contributed by atoms with Gasteiger partial charge in [0, 0.05) is 19.5 Å². The number of hydrogen-bond donors (Lipinski definition) is 0. The molecular formula is C10H16N2O. The van der Waals surface area contributed by atoms with Crippen LogP contribution in [0.2, 0.25) is 0 Å². The summed E-state index contributed by atoms with van der Waals surface area (Å²) in [4.78, 5) is 0. The molecule has 1 aliphatic carbocycles. The molecule has 0 N–H and O–H groups in total. The molecule has 13 heavy (non-hydrogen) atoms. The van der Waals surface area contributed by atoms with Gasteiger partial charge in [0.05, 0.1) is 12.1 Å². The highest BCUT2D eigenvalue weighted by atomic mass is 16.5.